The molecule has 0 fully saturated rings. The highest BCUT2D eigenvalue weighted by molar-refractivity contribution is 5.89. The fraction of sp³-hybridized carbons (Fsp3) is 0.273. The summed E-state index contributed by atoms with van der Waals surface area (Å²) in [5, 5.41) is 10.1. The molecular weight excluding hydrogens is 546 g/mol. The van der Waals surface area contributed by atoms with Crippen LogP contribution in [0.3, 0.4) is 0 Å². The van der Waals surface area contributed by atoms with Crippen molar-refractivity contribution in [3.05, 3.63) is 106 Å². The maximum absolute atomic E-state index is 14.5. The lowest BCUT2D eigenvalue weighted by molar-refractivity contribution is -0.133. The first-order chi connectivity index (χ1) is 20.7. The Morgan fingerprint density at radius 1 is 1.05 bits per heavy atom. The average molecular weight is 582 g/mol. The molecular formula is C33H35N5O5. The summed E-state index contributed by atoms with van der Waals surface area (Å²) in [4.78, 5) is 56.1. The molecule has 10 heteroatoms. The van der Waals surface area contributed by atoms with Crippen LogP contribution in [0.5, 0.6) is 0 Å². The number of pyridine rings is 1. The number of nitrogens with zero attached hydrogens (tertiary/aromatic N) is 1. The summed E-state index contributed by atoms with van der Waals surface area (Å²) in [6, 6.07) is 19.4. The topological polar surface area (TPSA) is 133 Å². The molecule has 4 bridgehead atoms. The first-order valence-electron chi connectivity index (χ1n) is 14.2. The molecule has 4 N–H and O–H groups in total. The number of benzene rings is 3. The summed E-state index contributed by atoms with van der Waals surface area (Å²) >= 11 is 0. The number of rotatable bonds is 5. The van der Waals surface area contributed by atoms with Gasteiger partial charge in [-0.3, -0.25) is 19.7 Å². The van der Waals surface area contributed by atoms with Crippen molar-refractivity contribution in [3.8, 4) is 0 Å². The molecule has 2 atom stereocenters. The maximum Gasteiger partial charge on any atom is 0.411 e. The van der Waals surface area contributed by atoms with Crippen LogP contribution in [0.15, 0.2) is 77.7 Å². The van der Waals surface area contributed by atoms with Crippen LogP contribution >= 0.6 is 0 Å². The largest absolute Gasteiger partial charge is 0.449 e. The van der Waals surface area contributed by atoms with E-state index >= 15 is 0 Å². The van der Waals surface area contributed by atoms with Gasteiger partial charge in [0.15, 0.2) is 0 Å². The van der Waals surface area contributed by atoms with Gasteiger partial charge in [0.05, 0.1) is 6.61 Å². The van der Waals surface area contributed by atoms with Gasteiger partial charge >= 0.3 is 6.09 Å². The van der Waals surface area contributed by atoms with Crippen LogP contribution in [0.25, 0.3) is 10.8 Å². The Balaban J connectivity index is 1.60. The highest BCUT2D eigenvalue weighted by Gasteiger charge is 2.28. The Morgan fingerprint density at radius 2 is 1.88 bits per heavy atom. The van der Waals surface area contributed by atoms with Crippen LogP contribution in [0, 0.1) is 6.92 Å². The first-order valence-corrected chi connectivity index (χ1v) is 14.2. The van der Waals surface area contributed by atoms with Gasteiger partial charge < -0.3 is 25.3 Å². The molecule has 6 rings (SSSR count). The molecule has 0 spiro atoms. The van der Waals surface area contributed by atoms with E-state index in [1.807, 2.05) is 56.3 Å². The van der Waals surface area contributed by atoms with E-state index in [2.05, 4.69) is 20.9 Å². The highest BCUT2D eigenvalue weighted by atomic mass is 16.5. The quantitative estimate of drug-likeness (QED) is 0.267. The lowest BCUT2D eigenvalue weighted by Crippen LogP contribution is -2.39. The average Bonchev–Trinajstić information content (AvgIpc) is 3.00. The van der Waals surface area contributed by atoms with Gasteiger partial charge in [-0.1, -0.05) is 43.3 Å². The van der Waals surface area contributed by atoms with Crippen LogP contribution in [-0.4, -0.2) is 48.0 Å². The molecule has 10 nitrogen and oxygen atoms in total. The zero-order valence-corrected chi connectivity index (χ0v) is 24.4. The number of amides is 3. The number of carbonyl (C=O) groups excluding carboxylic acids is 3. The maximum atomic E-state index is 14.5. The summed E-state index contributed by atoms with van der Waals surface area (Å²) in [5.41, 5.74) is 4.35. The van der Waals surface area contributed by atoms with Crippen LogP contribution in [0.4, 0.5) is 16.2 Å². The van der Waals surface area contributed by atoms with E-state index in [-0.39, 0.29) is 49.4 Å². The van der Waals surface area contributed by atoms with E-state index in [9.17, 15) is 19.2 Å². The van der Waals surface area contributed by atoms with Crippen molar-refractivity contribution in [2.75, 3.05) is 30.8 Å². The van der Waals surface area contributed by atoms with Crippen molar-refractivity contribution in [3.63, 3.8) is 0 Å². The molecule has 3 amide bonds. The molecule has 1 aromatic heterocycles. The summed E-state index contributed by atoms with van der Waals surface area (Å²) in [7, 11) is 1.56. The van der Waals surface area contributed by atoms with Gasteiger partial charge in [0.25, 0.3) is 5.56 Å². The number of anilines is 2. The monoisotopic (exact) mass is 581 g/mol. The van der Waals surface area contributed by atoms with Gasteiger partial charge in [-0.15, -0.1) is 0 Å². The number of nitrogens with one attached hydrogen (secondary N) is 4. The van der Waals surface area contributed by atoms with Crippen LogP contribution in [0.2, 0.25) is 0 Å². The van der Waals surface area contributed by atoms with Gasteiger partial charge in [-0.2, -0.15) is 0 Å². The molecule has 3 heterocycles. The van der Waals surface area contributed by atoms with Crippen molar-refractivity contribution in [2.45, 2.75) is 38.8 Å². The molecule has 0 radical (unpaired) electrons. The Morgan fingerprint density at radius 3 is 2.67 bits per heavy atom. The number of ether oxygens (including phenoxy) is 1. The highest BCUT2D eigenvalue weighted by Crippen LogP contribution is 2.29. The Labute approximate surface area is 249 Å². The fourth-order valence-corrected chi connectivity index (χ4v) is 5.38. The predicted octanol–water partition coefficient (Wildman–Crippen LogP) is 4.82. The molecule has 0 saturated heterocycles. The number of carbonyl (C=O) groups is 3. The van der Waals surface area contributed by atoms with E-state index in [0.29, 0.717) is 16.8 Å². The molecule has 0 saturated carbocycles. The number of H-pyrrole nitrogens is 1. The summed E-state index contributed by atoms with van der Waals surface area (Å²) in [6.45, 7) is 4.49. The Hall–Kier alpha value is -5.12. The third kappa shape index (κ3) is 6.86. The number of fused-ring (bicyclic) bond motifs is 10. The molecule has 2 aliphatic rings. The third-order valence-electron chi connectivity index (χ3n) is 7.70. The van der Waals surface area contributed by atoms with Gasteiger partial charge in [0.1, 0.15) is 6.04 Å². The Bertz CT molecular complexity index is 1730. The number of hydrogen-bond donors (Lipinski definition) is 4. The Kier molecular flexibility index (Phi) is 8.75. The van der Waals surface area contributed by atoms with Crippen LogP contribution in [0.1, 0.15) is 47.6 Å². The molecule has 2 aliphatic heterocycles. The number of hydrogen-bond acceptors (Lipinski definition) is 6. The third-order valence-corrected chi connectivity index (χ3v) is 7.70. The minimum Gasteiger partial charge on any atom is -0.449 e. The van der Waals surface area contributed by atoms with E-state index in [1.165, 1.54) is 0 Å². The molecule has 0 unspecified atom stereocenters. The number of aromatic nitrogens is 1. The van der Waals surface area contributed by atoms with Crippen LogP contribution in [-0.2, 0) is 20.9 Å². The van der Waals surface area contributed by atoms with Crippen molar-refractivity contribution in [1.82, 2.24) is 15.2 Å². The van der Waals surface area contributed by atoms with Crippen molar-refractivity contribution >= 4 is 40.1 Å². The zero-order valence-electron chi connectivity index (χ0n) is 24.4. The normalized spacial score (nSPS) is 17.3. The summed E-state index contributed by atoms with van der Waals surface area (Å²) in [5.74, 6) is -0.515. The van der Waals surface area contributed by atoms with E-state index in [4.69, 9.17) is 4.74 Å². The molecule has 4 aromatic rings. The molecule has 43 heavy (non-hydrogen) atoms. The minimum atomic E-state index is -0.819. The second-order valence-corrected chi connectivity index (χ2v) is 10.8. The molecule has 3 aromatic carbocycles. The standard InChI is InChI=1S/C33H35N5O5/c1-20-15-24-8-10-27(20)21(2)19-43-33(42)37-25-6-4-5-22(16-25)18-38(14-12-29(39)34-3)32(41)30(24)36-26-9-7-23-11-13-35-31(40)28(23)17-26/h4-11,13,15-17,21,30,36H,12,14,18-19H2,1-3H3,(H,34,39)(H,35,40)(H,37,42)/t21-,30+/m0/s1. The molecule has 222 valence electrons. The van der Waals surface area contributed by atoms with Gasteiger partial charge in [0, 0.05) is 55.4 Å². The number of aromatic amines is 1. The van der Waals surface area contributed by atoms with E-state index < -0.39 is 12.1 Å². The fourth-order valence-electron chi connectivity index (χ4n) is 5.38. The predicted molar refractivity (Wildman–Crippen MR) is 166 cm³/mol. The SMILES string of the molecule is CNC(=O)CCN1Cc2cccc(c2)NC(=O)OC[C@H](C)c2ccc(cc2C)[C@@H](Nc2ccc3cc[nH]c(=O)c3c2)C1=O. The lowest BCUT2D eigenvalue weighted by Gasteiger charge is -2.30. The number of aryl methyl sites for hydroxylation is 1. The zero-order chi connectivity index (χ0) is 30.5. The first kappa shape index (κ1) is 29.4. The summed E-state index contributed by atoms with van der Waals surface area (Å²) < 4.78 is 5.52. The minimum absolute atomic E-state index is 0.0857. The van der Waals surface area contributed by atoms with Gasteiger partial charge in [-0.25, -0.2) is 4.79 Å². The van der Waals surface area contributed by atoms with Gasteiger partial charge in [-0.05, 0) is 64.9 Å². The van der Waals surface area contributed by atoms with Crippen molar-refractivity contribution in [2.24, 2.45) is 0 Å². The second-order valence-electron chi connectivity index (χ2n) is 10.8. The van der Waals surface area contributed by atoms with E-state index in [1.54, 1.807) is 42.4 Å². The smallest absolute Gasteiger partial charge is 0.411 e. The molecule has 0 aliphatic carbocycles. The van der Waals surface area contributed by atoms with Crippen LogP contribution < -0.4 is 21.5 Å². The lowest BCUT2D eigenvalue weighted by atomic mass is 9.92. The van der Waals surface area contributed by atoms with Crippen molar-refractivity contribution in [1.29, 1.82) is 0 Å². The van der Waals surface area contributed by atoms with E-state index in [0.717, 1.165) is 27.6 Å². The summed E-state index contributed by atoms with van der Waals surface area (Å²) in [6.07, 6.45) is 1.15. The van der Waals surface area contributed by atoms with Crippen molar-refractivity contribution < 1.29 is 19.1 Å². The second kappa shape index (κ2) is 12.8. The van der Waals surface area contributed by atoms with Gasteiger partial charge in [0.2, 0.25) is 11.8 Å².